The van der Waals surface area contributed by atoms with Gasteiger partial charge in [0.15, 0.2) is 0 Å². The highest BCUT2D eigenvalue weighted by Crippen LogP contribution is 2.18. The molecule has 426 valence electrons. The molecule has 0 saturated heterocycles. The Hall–Kier alpha value is -1.66. The van der Waals surface area contributed by atoms with Gasteiger partial charge in [-0.05, 0) is 57.8 Å². The maximum Gasteiger partial charge on any atom is 0.305 e. The van der Waals surface area contributed by atoms with E-state index in [0.717, 1.165) is 44.9 Å². The molecular weight excluding hydrogens is 887 g/mol. The van der Waals surface area contributed by atoms with Crippen molar-refractivity contribution >= 4 is 11.9 Å². The Morgan fingerprint density at radius 1 is 0.375 bits per heavy atom. The van der Waals surface area contributed by atoms with E-state index in [9.17, 15) is 19.8 Å². The number of rotatable bonds is 61. The van der Waals surface area contributed by atoms with E-state index in [2.05, 4.69) is 31.3 Å². The second-order valence-corrected chi connectivity index (χ2v) is 22.5. The number of carbonyl (C=O) groups excluding carboxylic acids is 2. The fourth-order valence-electron chi connectivity index (χ4n) is 10.2. The number of esters is 1. The van der Waals surface area contributed by atoms with Crippen molar-refractivity contribution in [2.75, 3.05) is 13.2 Å². The lowest BCUT2D eigenvalue weighted by Crippen LogP contribution is -2.45. The summed E-state index contributed by atoms with van der Waals surface area (Å²) in [6.07, 6.45) is 76.5. The van der Waals surface area contributed by atoms with Gasteiger partial charge >= 0.3 is 5.97 Å². The van der Waals surface area contributed by atoms with Gasteiger partial charge in [0.2, 0.25) is 5.91 Å². The van der Waals surface area contributed by atoms with Crippen LogP contribution in [0.5, 0.6) is 0 Å². The largest absolute Gasteiger partial charge is 0.466 e. The van der Waals surface area contributed by atoms with Crippen molar-refractivity contribution in [1.29, 1.82) is 0 Å². The Morgan fingerprint density at radius 2 is 0.653 bits per heavy atom. The molecule has 0 aliphatic rings. The van der Waals surface area contributed by atoms with Gasteiger partial charge in [-0.3, -0.25) is 9.59 Å². The number of aliphatic hydroxyl groups is 2. The molecule has 1 amide bonds. The molecule has 6 heteroatoms. The summed E-state index contributed by atoms with van der Waals surface area (Å²) in [5.74, 6) is -0.0648. The number of allylic oxidation sites excluding steroid dienone is 3. The maximum atomic E-state index is 12.5. The van der Waals surface area contributed by atoms with E-state index in [1.165, 1.54) is 289 Å². The van der Waals surface area contributed by atoms with Gasteiger partial charge in [-0.15, -0.1) is 0 Å². The smallest absolute Gasteiger partial charge is 0.305 e. The molecule has 0 aromatic rings. The highest BCUT2D eigenvalue weighted by atomic mass is 16.5. The lowest BCUT2D eigenvalue weighted by molar-refractivity contribution is -0.143. The first-order valence-corrected chi connectivity index (χ1v) is 32.6. The lowest BCUT2D eigenvalue weighted by atomic mass is 10.0. The van der Waals surface area contributed by atoms with E-state index in [1.54, 1.807) is 6.08 Å². The summed E-state index contributed by atoms with van der Waals surface area (Å²) < 4.78 is 5.49. The molecule has 0 rings (SSSR count). The van der Waals surface area contributed by atoms with Gasteiger partial charge in [0.05, 0.1) is 25.4 Å². The van der Waals surface area contributed by atoms with E-state index in [0.29, 0.717) is 19.4 Å². The number of amides is 1. The van der Waals surface area contributed by atoms with E-state index in [1.807, 2.05) is 6.08 Å². The average molecular weight is 1010 g/mol. The molecule has 0 spiro atoms. The van der Waals surface area contributed by atoms with E-state index >= 15 is 0 Å². The van der Waals surface area contributed by atoms with Crippen LogP contribution in [0.25, 0.3) is 0 Å². The standard InChI is InChI=1S/C66H127NO5/c1-3-5-7-9-11-13-15-17-19-21-22-23-27-30-34-38-42-46-50-54-58-64(69)63(62-68)67-65(70)59-55-51-47-43-39-35-31-28-24-25-29-33-37-41-45-49-53-57-61-72-66(71)60-56-52-48-44-40-36-32-26-20-18-16-14-12-10-8-6-4-2/h18,20,54,58,63-64,68-69H,3-17,19,21-53,55-57,59-62H2,1-2H3,(H,67,70)/b20-18-,58-54+. The van der Waals surface area contributed by atoms with Crippen LogP contribution in [0.15, 0.2) is 24.3 Å². The number of hydrogen-bond donors (Lipinski definition) is 3. The zero-order chi connectivity index (χ0) is 52.2. The molecule has 3 N–H and O–H groups in total. The molecule has 0 aromatic heterocycles. The van der Waals surface area contributed by atoms with Crippen molar-refractivity contribution < 1.29 is 24.5 Å². The molecule has 72 heavy (non-hydrogen) atoms. The topological polar surface area (TPSA) is 95.9 Å². The average Bonchev–Trinajstić information content (AvgIpc) is 3.38. The summed E-state index contributed by atoms with van der Waals surface area (Å²) in [5.41, 5.74) is 0. The summed E-state index contributed by atoms with van der Waals surface area (Å²) in [6.45, 7) is 4.92. The molecule has 2 unspecified atom stereocenters. The van der Waals surface area contributed by atoms with Crippen LogP contribution in [0.3, 0.4) is 0 Å². The third-order valence-corrected chi connectivity index (χ3v) is 15.2. The van der Waals surface area contributed by atoms with Crippen molar-refractivity contribution in [1.82, 2.24) is 5.32 Å². The van der Waals surface area contributed by atoms with Crippen molar-refractivity contribution in [2.24, 2.45) is 0 Å². The lowest BCUT2D eigenvalue weighted by Gasteiger charge is -2.20. The molecule has 0 radical (unpaired) electrons. The molecule has 0 fully saturated rings. The molecular formula is C66H127NO5. The summed E-state index contributed by atoms with van der Waals surface area (Å²) in [6, 6.07) is -0.632. The van der Waals surface area contributed by atoms with Crippen molar-refractivity contribution in [3.05, 3.63) is 24.3 Å². The zero-order valence-electron chi connectivity index (χ0n) is 48.7. The maximum absolute atomic E-state index is 12.5. The Morgan fingerprint density at radius 3 is 0.986 bits per heavy atom. The van der Waals surface area contributed by atoms with Gasteiger partial charge in [0.1, 0.15) is 0 Å². The quantitative estimate of drug-likeness (QED) is 0.0320. The van der Waals surface area contributed by atoms with Crippen LogP contribution >= 0.6 is 0 Å². The first-order chi connectivity index (χ1) is 35.5. The van der Waals surface area contributed by atoms with Gasteiger partial charge in [-0.1, -0.05) is 314 Å². The SMILES string of the molecule is CCCCCCCC/C=C\CCCCCCCCCC(=O)OCCCCCCCCCCCCCCCCCCCCC(=O)NC(CO)C(O)/C=C/CCCCCCCCCCCCCCCCCCCC. The van der Waals surface area contributed by atoms with E-state index < -0.39 is 12.1 Å². The van der Waals surface area contributed by atoms with Crippen molar-refractivity contribution in [2.45, 2.75) is 373 Å². The summed E-state index contributed by atoms with van der Waals surface area (Å²) in [5, 5.41) is 23.2. The normalized spacial score (nSPS) is 12.7. The van der Waals surface area contributed by atoms with Crippen LogP contribution in [0.1, 0.15) is 361 Å². The van der Waals surface area contributed by atoms with Crippen molar-refractivity contribution in [3.8, 4) is 0 Å². The molecule has 0 heterocycles. The first-order valence-electron chi connectivity index (χ1n) is 32.6. The Labute approximate surface area is 450 Å². The number of aliphatic hydroxyl groups excluding tert-OH is 2. The predicted molar refractivity (Wildman–Crippen MR) is 315 cm³/mol. The number of unbranched alkanes of at least 4 members (excludes halogenated alkanes) is 48. The number of ether oxygens (including phenoxy) is 1. The number of hydrogen-bond acceptors (Lipinski definition) is 5. The van der Waals surface area contributed by atoms with E-state index in [4.69, 9.17) is 4.74 Å². The fraction of sp³-hybridized carbons (Fsp3) is 0.909. The third-order valence-electron chi connectivity index (χ3n) is 15.2. The monoisotopic (exact) mass is 1010 g/mol. The minimum atomic E-state index is -0.848. The Balaban J connectivity index is 3.43. The van der Waals surface area contributed by atoms with Gasteiger partial charge < -0.3 is 20.3 Å². The fourth-order valence-corrected chi connectivity index (χ4v) is 10.2. The summed E-state index contributed by atoms with van der Waals surface area (Å²) in [4.78, 5) is 24.6. The highest BCUT2D eigenvalue weighted by molar-refractivity contribution is 5.76. The van der Waals surface area contributed by atoms with Crippen LogP contribution in [0.2, 0.25) is 0 Å². The highest BCUT2D eigenvalue weighted by Gasteiger charge is 2.18. The predicted octanol–water partition coefficient (Wildman–Crippen LogP) is 20.6. The first kappa shape index (κ1) is 70.3. The Kier molecular flexibility index (Phi) is 60.5. The minimum Gasteiger partial charge on any atom is -0.466 e. The molecule has 0 bridgehead atoms. The van der Waals surface area contributed by atoms with Crippen LogP contribution in [0.4, 0.5) is 0 Å². The molecule has 0 aliphatic carbocycles. The molecule has 0 saturated carbocycles. The Bertz CT molecular complexity index is 1120. The van der Waals surface area contributed by atoms with Gasteiger partial charge in [-0.25, -0.2) is 0 Å². The van der Waals surface area contributed by atoms with Crippen LogP contribution in [0, 0.1) is 0 Å². The summed E-state index contributed by atoms with van der Waals surface area (Å²) in [7, 11) is 0. The minimum absolute atomic E-state index is 0.00391. The van der Waals surface area contributed by atoms with Gasteiger partial charge in [-0.2, -0.15) is 0 Å². The third kappa shape index (κ3) is 57.6. The molecule has 6 nitrogen and oxygen atoms in total. The van der Waals surface area contributed by atoms with E-state index in [-0.39, 0.29) is 18.5 Å². The second kappa shape index (κ2) is 61.9. The second-order valence-electron chi connectivity index (χ2n) is 22.5. The zero-order valence-corrected chi connectivity index (χ0v) is 48.7. The number of carbonyl (C=O) groups is 2. The van der Waals surface area contributed by atoms with Crippen molar-refractivity contribution in [3.63, 3.8) is 0 Å². The van der Waals surface area contributed by atoms with Crippen LogP contribution in [-0.4, -0.2) is 47.4 Å². The van der Waals surface area contributed by atoms with Gasteiger partial charge in [0.25, 0.3) is 0 Å². The number of nitrogens with one attached hydrogen (secondary N) is 1. The molecule has 0 aromatic carbocycles. The summed E-state index contributed by atoms with van der Waals surface area (Å²) >= 11 is 0. The van der Waals surface area contributed by atoms with Crippen LogP contribution < -0.4 is 5.32 Å². The molecule has 0 aliphatic heterocycles. The molecule has 2 atom stereocenters. The van der Waals surface area contributed by atoms with Crippen LogP contribution in [-0.2, 0) is 14.3 Å². The van der Waals surface area contributed by atoms with Gasteiger partial charge in [0, 0.05) is 12.8 Å².